The molecule has 0 radical (unpaired) electrons. The average molecular weight is 261 g/mol. The first-order chi connectivity index (χ1) is 9.15. The van der Waals surface area contributed by atoms with Crippen LogP contribution in [0.1, 0.15) is 27.2 Å². The molecule has 2 amide bonds. The van der Waals surface area contributed by atoms with Gasteiger partial charge in [0.1, 0.15) is 0 Å². The highest BCUT2D eigenvalue weighted by atomic mass is 16.2. The largest absolute Gasteiger partial charge is 0.366 e. The standard InChI is InChI=1S/C15H23N3O/c1-4-9-16-15(19)18-11-10-17(12(2)3)13-7-5-6-8-14(13)18/h5-8,12H,4,9-11H2,1-3H3,(H,16,19). The molecule has 1 aliphatic rings. The number of hydrogen-bond acceptors (Lipinski definition) is 2. The van der Waals surface area contributed by atoms with Gasteiger partial charge < -0.3 is 10.2 Å². The maximum Gasteiger partial charge on any atom is 0.322 e. The van der Waals surface area contributed by atoms with Crippen molar-refractivity contribution in [1.82, 2.24) is 5.32 Å². The van der Waals surface area contributed by atoms with Crippen molar-refractivity contribution in [1.29, 1.82) is 0 Å². The molecule has 0 aromatic heterocycles. The molecule has 0 unspecified atom stereocenters. The second-order valence-electron chi connectivity index (χ2n) is 5.16. The van der Waals surface area contributed by atoms with Gasteiger partial charge in [-0.3, -0.25) is 4.90 Å². The number of carbonyl (C=O) groups excluding carboxylic acids is 1. The summed E-state index contributed by atoms with van der Waals surface area (Å²) in [5.74, 6) is 0. The van der Waals surface area contributed by atoms with E-state index in [1.54, 1.807) is 0 Å². The summed E-state index contributed by atoms with van der Waals surface area (Å²) >= 11 is 0. The zero-order valence-electron chi connectivity index (χ0n) is 12.0. The van der Waals surface area contributed by atoms with Gasteiger partial charge in [-0.2, -0.15) is 0 Å². The van der Waals surface area contributed by atoms with E-state index in [0.29, 0.717) is 6.04 Å². The van der Waals surface area contributed by atoms with Gasteiger partial charge in [-0.25, -0.2) is 4.79 Å². The molecule has 1 aromatic carbocycles. The highest BCUT2D eigenvalue weighted by Gasteiger charge is 2.27. The van der Waals surface area contributed by atoms with Gasteiger partial charge in [-0.05, 0) is 32.4 Å². The molecule has 0 aliphatic carbocycles. The van der Waals surface area contributed by atoms with Crippen molar-refractivity contribution in [3.8, 4) is 0 Å². The number of nitrogens with one attached hydrogen (secondary N) is 1. The van der Waals surface area contributed by atoms with Crippen LogP contribution < -0.4 is 15.1 Å². The van der Waals surface area contributed by atoms with E-state index in [4.69, 9.17) is 0 Å². The number of benzene rings is 1. The minimum atomic E-state index is 0.0118. The summed E-state index contributed by atoms with van der Waals surface area (Å²) in [6.07, 6.45) is 0.958. The van der Waals surface area contributed by atoms with E-state index in [9.17, 15) is 4.79 Å². The Morgan fingerprint density at radius 2 is 1.95 bits per heavy atom. The van der Waals surface area contributed by atoms with Crippen LogP contribution in [0, 0.1) is 0 Å². The maximum atomic E-state index is 12.2. The molecule has 1 aromatic rings. The first kappa shape index (κ1) is 13.7. The summed E-state index contributed by atoms with van der Waals surface area (Å²) in [6.45, 7) is 8.78. The summed E-state index contributed by atoms with van der Waals surface area (Å²) in [5.41, 5.74) is 2.16. The number of anilines is 2. The first-order valence-corrected chi connectivity index (χ1v) is 7.06. The third-order valence-electron chi connectivity index (χ3n) is 3.44. The van der Waals surface area contributed by atoms with Gasteiger partial charge in [0.05, 0.1) is 11.4 Å². The van der Waals surface area contributed by atoms with Crippen molar-refractivity contribution in [3.05, 3.63) is 24.3 Å². The summed E-state index contributed by atoms with van der Waals surface area (Å²) < 4.78 is 0. The Balaban J connectivity index is 2.25. The van der Waals surface area contributed by atoms with Crippen LogP contribution in [-0.2, 0) is 0 Å². The van der Waals surface area contributed by atoms with Crippen LogP contribution in [0.5, 0.6) is 0 Å². The Kier molecular flexibility index (Phi) is 4.30. The molecule has 0 fully saturated rings. The number of nitrogens with zero attached hydrogens (tertiary/aromatic N) is 2. The molecule has 0 saturated carbocycles. The molecule has 4 heteroatoms. The van der Waals surface area contributed by atoms with E-state index in [2.05, 4.69) is 37.1 Å². The van der Waals surface area contributed by atoms with Gasteiger partial charge >= 0.3 is 6.03 Å². The molecule has 104 valence electrons. The quantitative estimate of drug-likeness (QED) is 0.908. The van der Waals surface area contributed by atoms with Crippen LogP contribution in [0.15, 0.2) is 24.3 Å². The second-order valence-corrected chi connectivity index (χ2v) is 5.16. The van der Waals surface area contributed by atoms with Crippen LogP contribution in [0.3, 0.4) is 0 Å². The molecule has 0 spiro atoms. The molecule has 4 nitrogen and oxygen atoms in total. The van der Waals surface area contributed by atoms with E-state index >= 15 is 0 Å². The Morgan fingerprint density at radius 1 is 1.26 bits per heavy atom. The smallest absolute Gasteiger partial charge is 0.322 e. The number of rotatable bonds is 3. The summed E-state index contributed by atoms with van der Waals surface area (Å²) in [4.78, 5) is 16.4. The number of fused-ring (bicyclic) bond motifs is 1. The van der Waals surface area contributed by atoms with Crippen molar-refractivity contribution in [2.75, 3.05) is 29.4 Å². The molecular weight excluding hydrogens is 238 g/mol. The Morgan fingerprint density at radius 3 is 2.58 bits per heavy atom. The van der Waals surface area contributed by atoms with E-state index in [0.717, 1.165) is 37.4 Å². The van der Waals surface area contributed by atoms with Crippen molar-refractivity contribution in [2.24, 2.45) is 0 Å². The summed E-state index contributed by atoms with van der Waals surface area (Å²) in [7, 11) is 0. The lowest BCUT2D eigenvalue weighted by Crippen LogP contribution is -2.49. The van der Waals surface area contributed by atoms with Gasteiger partial charge in [0.15, 0.2) is 0 Å². The van der Waals surface area contributed by atoms with Crippen molar-refractivity contribution < 1.29 is 4.79 Å². The van der Waals surface area contributed by atoms with Crippen LogP contribution in [-0.4, -0.2) is 31.7 Å². The second kappa shape index (κ2) is 5.95. The van der Waals surface area contributed by atoms with Gasteiger partial charge in [-0.1, -0.05) is 19.1 Å². The molecular formula is C15H23N3O. The topological polar surface area (TPSA) is 35.6 Å². The van der Waals surface area contributed by atoms with E-state index in [1.165, 1.54) is 0 Å². The Labute approximate surface area is 115 Å². The fraction of sp³-hybridized carbons (Fsp3) is 0.533. The van der Waals surface area contributed by atoms with E-state index in [-0.39, 0.29) is 6.03 Å². The van der Waals surface area contributed by atoms with Crippen LogP contribution >= 0.6 is 0 Å². The third-order valence-corrected chi connectivity index (χ3v) is 3.44. The highest BCUT2D eigenvalue weighted by molar-refractivity contribution is 5.96. The Hall–Kier alpha value is -1.71. The zero-order valence-corrected chi connectivity index (χ0v) is 12.0. The minimum absolute atomic E-state index is 0.0118. The average Bonchev–Trinajstić information content (AvgIpc) is 2.43. The zero-order chi connectivity index (χ0) is 13.8. The minimum Gasteiger partial charge on any atom is -0.366 e. The number of para-hydroxylation sites is 2. The number of carbonyl (C=O) groups is 1. The lowest BCUT2D eigenvalue weighted by atomic mass is 10.1. The summed E-state index contributed by atoms with van der Waals surface area (Å²) in [6, 6.07) is 8.59. The molecule has 1 aliphatic heterocycles. The molecule has 0 bridgehead atoms. The van der Waals surface area contributed by atoms with Crippen LogP contribution in [0.4, 0.5) is 16.2 Å². The van der Waals surface area contributed by atoms with Crippen molar-refractivity contribution in [2.45, 2.75) is 33.2 Å². The lowest BCUT2D eigenvalue weighted by Gasteiger charge is -2.39. The number of urea groups is 1. The van der Waals surface area contributed by atoms with E-state index in [1.807, 2.05) is 23.1 Å². The predicted molar refractivity (Wildman–Crippen MR) is 80.0 cm³/mol. The lowest BCUT2D eigenvalue weighted by molar-refractivity contribution is 0.246. The fourth-order valence-corrected chi connectivity index (χ4v) is 2.46. The number of amides is 2. The maximum absolute atomic E-state index is 12.2. The monoisotopic (exact) mass is 261 g/mol. The van der Waals surface area contributed by atoms with Crippen molar-refractivity contribution in [3.63, 3.8) is 0 Å². The number of hydrogen-bond donors (Lipinski definition) is 1. The Bertz CT molecular complexity index is 445. The SMILES string of the molecule is CCCNC(=O)N1CCN(C(C)C)c2ccccc21. The van der Waals surface area contributed by atoms with Crippen molar-refractivity contribution >= 4 is 17.4 Å². The van der Waals surface area contributed by atoms with E-state index < -0.39 is 0 Å². The van der Waals surface area contributed by atoms with Gasteiger partial charge in [-0.15, -0.1) is 0 Å². The molecule has 0 atom stereocenters. The molecule has 19 heavy (non-hydrogen) atoms. The van der Waals surface area contributed by atoms with Gasteiger partial charge in [0, 0.05) is 25.7 Å². The van der Waals surface area contributed by atoms with Crippen LogP contribution in [0.2, 0.25) is 0 Å². The predicted octanol–water partition coefficient (Wildman–Crippen LogP) is 2.84. The molecule has 2 rings (SSSR count). The first-order valence-electron chi connectivity index (χ1n) is 7.06. The molecule has 0 saturated heterocycles. The summed E-state index contributed by atoms with van der Waals surface area (Å²) in [5, 5.41) is 2.96. The molecule has 1 heterocycles. The van der Waals surface area contributed by atoms with Gasteiger partial charge in [0.2, 0.25) is 0 Å². The van der Waals surface area contributed by atoms with Crippen LogP contribution in [0.25, 0.3) is 0 Å². The fourth-order valence-electron chi connectivity index (χ4n) is 2.46. The molecule has 1 N–H and O–H groups in total. The normalized spacial score (nSPS) is 14.5. The highest BCUT2D eigenvalue weighted by Crippen LogP contribution is 2.33. The third kappa shape index (κ3) is 2.83. The van der Waals surface area contributed by atoms with Gasteiger partial charge in [0.25, 0.3) is 0 Å².